The van der Waals surface area contributed by atoms with E-state index >= 15 is 0 Å². The first-order chi connectivity index (χ1) is 9.58. The molecule has 0 radical (unpaired) electrons. The molecule has 0 bridgehead atoms. The van der Waals surface area contributed by atoms with Crippen LogP contribution in [0.15, 0.2) is 0 Å². The molecule has 20 heavy (non-hydrogen) atoms. The molecule has 2 N–H and O–H groups in total. The Balaban J connectivity index is 2.87. The van der Waals surface area contributed by atoms with Crippen molar-refractivity contribution in [3.8, 4) is 0 Å². The van der Waals surface area contributed by atoms with Crippen molar-refractivity contribution in [1.29, 1.82) is 0 Å². The van der Waals surface area contributed by atoms with Crippen LogP contribution in [0.1, 0.15) is 47.0 Å². The molecule has 0 aromatic carbocycles. The van der Waals surface area contributed by atoms with Gasteiger partial charge in [0.25, 0.3) is 0 Å². The van der Waals surface area contributed by atoms with Crippen LogP contribution in [-0.2, 0) is 0 Å². The van der Waals surface area contributed by atoms with Crippen LogP contribution < -0.4 is 0 Å². The van der Waals surface area contributed by atoms with Crippen LogP contribution in [0, 0.1) is 11.8 Å². The fourth-order valence-electron chi connectivity index (χ4n) is 3.01. The zero-order chi connectivity index (χ0) is 15.1. The molecule has 0 aliphatic carbocycles. The van der Waals surface area contributed by atoms with Gasteiger partial charge < -0.3 is 10.2 Å². The average molecular weight is 285 g/mol. The van der Waals surface area contributed by atoms with Gasteiger partial charge in [-0.3, -0.25) is 9.48 Å². The predicted octanol–water partition coefficient (Wildman–Crippen LogP) is 1.55. The molecule has 0 saturated heterocycles. The molecule has 0 aromatic heterocycles. The van der Waals surface area contributed by atoms with Crippen molar-refractivity contribution in [1.82, 2.24) is 4.90 Å². The van der Waals surface area contributed by atoms with Gasteiger partial charge in [0, 0.05) is 6.42 Å². The SMILES string of the molecule is CCC(C)[C@@H](CO)N1C=[N+]([C@H](CO)C(C)CC)CCC1. The maximum Gasteiger partial charge on any atom is 0.234 e. The summed E-state index contributed by atoms with van der Waals surface area (Å²) in [5.74, 6) is 0.958. The Labute approximate surface area is 124 Å². The lowest BCUT2D eigenvalue weighted by Crippen LogP contribution is -2.50. The summed E-state index contributed by atoms with van der Waals surface area (Å²) in [4.78, 5) is 2.28. The predicted molar refractivity (Wildman–Crippen MR) is 83.2 cm³/mol. The van der Waals surface area contributed by atoms with Gasteiger partial charge in [-0.2, -0.15) is 0 Å². The third kappa shape index (κ3) is 4.19. The lowest BCUT2D eigenvalue weighted by molar-refractivity contribution is -0.581. The fraction of sp³-hybridized carbons (Fsp3) is 0.938. The second kappa shape index (κ2) is 8.63. The highest BCUT2D eigenvalue weighted by Gasteiger charge is 2.32. The highest BCUT2D eigenvalue weighted by molar-refractivity contribution is 5.50. The van der Waals surface area contributed by atoms with E-state index in [1.165, 1.54) is 0 Å². The van der Waals surface area contributed by atoms with Crippen LogP contribution in [0.25, 0.3) is 0 Å². The maximum absolute atomic E-state index is 9.69. The summed E-state index contributed by atoms with van der Waals surface area (Å²) in [6.07, 6.45) is 5.40. The molecule has 1 aliphatic rings. The van der Waals surface area contributed by atoms with Crippen molar-refractivity contribution < 1.29 is 14.8 Å². The van der Waals surface area contributed by atoms with Gasteiger partial charge in [0.05, 0.1) is 26.3 Å². The number of nitrogens with zero attached hydrogens (tertiary/aromatic N) is 2. The largest absolute Gasteiger partial charge is 0.392 e. The molecule has 0 amide bonds. The molecular formula is C16H33N2O2+. The van der Waals surface area contributed by atoms with Gasteiger partial charge in [0.2, 0.25) is 6.34 Å². The van der Waals surface area contributed by atoms with Crippen molar-refractivity contribution >= 4 is 6.34 Å². The average Bonchev–Trinajstić information content (AvgIpc) is 2.48. The summed E-state index contributed by atoms with van der Waals surface area (Å²) < 4.78 is 2.28. The van der Waals surface area contributed by atoms with Crippen LogP contribution in [0.2, 0.25) is 0 Å². The third-order valence-corrected chi connectivity index (χ3v) is 4.96. The van der Waals surface area contributed by atoms with Crippen molar-refractivity contribution in [2.45, 2.75) is 59.0 Å². The van der Waals surface area contributed by atoms with E-state index in [0.29, 0.717) is 11.8 Å². The smallest absolute Gasteiger partial charge is 0.234 e. The zero-order valence-corrected chi connectivity index (χ0v) is 13.6. The Hall–Kier alpha value is -0.610. The molecule has 4 nitrogen and oxygen atoms in total. The molecular weight excluding hydrogens is 252 g/mol. The zero-order valence-electron chi connectivity index (χ0n) is 13.6. The highest BCUT2D eigenvalue weighted by atomic mass is 16.3. The van der Waals surface area contributed by atoms with Crippen LogP contribution in [0.4, 0.5) is 0 Å². The molecule has 4 heteroatoms. The quantitative estimate of drug-likeness (QED) is 0.665. The fourth-order valence-corrected chi connectivity index (χ4v) is 3.01. The van der Waals surface area contributed by atoms with E-state index in [1.807, 2.05) is 0 Å². The molecule has 2 unspecified atom stereocenters. The number of hydrogen-bond acceptors (Lipinski definition) is 3. The second-order valence-electron chi connectivity index (χ2n) is 6.22. The topological polar surface area (TPSA) is 46.7 Å². The molecule has 118 valence electrons. The van der Waals surface area contributed by atoms with E-state index < -0.39 is 0 Å². The monoisotopic (exact) mass is 285 g/mol. The summed E-state index contributed by atoms with van der Waals surface area (Å²) in [6.45, 7) is 11.2. The Bertz CT molecular complexity index is 307. The normalized spacial score (nSPS) is 22.1. The number of aliphatic hydroxyl groups excluding tert-OH is 2. The highest BCUT2D eigenvalue weighted by Crippen LogP contribution is 2.18. The standard InChI is InChI=1S/C16H33N2O2/c1-5-13(3)15(10-19)17-8-7-9-18(12-17)16(11-20)14(4)6-2/h12-16,19-20H,5-11H2,1-4H3/q+1/t13?,14?,15-,16-/m1/s1. The number of aliphatic hydroxyl groups is 2. The van der Waals surface area contributed by atoms with Gasteiger partial charge in [-0.25, -0.2) is 0 Å². The molecule has 4 atom stereocenters. The lowest BCUT2D eigenvalue weighted by atomic mass is 9.97. The first kappa shape index (κ1) is 17.4. The summed E-state index contributed by atoms with van der Waals surface area (Å²) in [6, 6.07) is 0.387. The van der Waals surface area contributed by atoms with Crippen LogP contribution in [0.5, 0.6) is 0 Å². The molecule has 1 heterocycles. The Kier molecular flexibility index (Phi) is 7.52. The molecule has 1 aliphatic heterocycles. The maximum atomic E-state index is 9.69. The number of rotatable bonds is 8. The van der Waals surface area contributed by atoms with E-state index in [2.05, 4.69) is 43.5 Å². The minimum Gasteiger partial charge on any atom is -0.392 e. The van der Waals surface area contributed by atoms with E-state index in [9.17, 15) is 10.2 Å². The van der Waals surface area contributed by atoms with E-state index in [1.54, 1.807) is 0 Å². The third-order valence-electron chi connectivity index (χ3n) is 4.96. The van der Waals surface area contributed by atoms with Crippen LogP contribution in [0.3, 0.4) is 0 Å². The van der Waals surface area contributed by atoms with E-state index in [4.69, 9.17) is 0 Å². The lowest BCUT2D eigenvalue weighted by Gasteiger charge is -2.33. The first-order valence-electron chi connectivity index (χ1n) is 8.17. The molecule has 0 fully saturated rings. The van der Waals surface area contributed by atoms with Gasteiger partial charge in [0.1, 0.15) is 12.1 Å². The Morgan fingerprint density at radius 2 is 1.75 bits per heavy atom. The molecule has 0 saturated carbocycles. The molecule has 0 spiro atoms. The van der Waals surface area contributed by atoms with Gasteiger partial charge >= 0.3 is 0 Å². The second-order valence-corrected chi connectivity index (χ2v) is 6.22. The van der Waals surface area contributed by atoms with Gasteiger partial charge in [0.15, 0.2) is 0 Å². The van der Waals surface area contributed by atoms with Gasteiger partial charge in [-0.1, -0.05) is 27.7 Å². The van der Waals surface area contributed by atoms with Crippen molar-refractivity contribution in [2.24, 2.45) is 11.8 Å². The van der Waals surface area contributed by atoms with Crippen molar-refractivity contribution in [2.75, 3.05) is 26.3 Å². The van der Waals surface area contributed by atoms with Gasteiger partial charge in [-0.15, -0.1) is 0 Å². The molecule has 0 aromatic rings. The Morgan fingerprint density at radius 3 is 2.25 bits per heavy atom. The Morgan fingerprint density at radius 1 is 1.10 bits per heavy atom. The summed E-state index contributed by atoms with van der Waals surface area (Å²) >= 11 is 0. The minimum atomic E-state index is 0.194. The van der Waals surface area contributed by atoms with Crippen LogP contribution in [-0.4, -0.2) is 64.4 Å². The van der Waals surface area contributed by atoms with Crippen molar-refractivity contribution in [3.63, 3.8) is 0 Å². The van der Waals surface area contributed by atoms with Gasteiger partial charge in [-0.05, 0) is 24.7 Å². The minimum absolute atomic E-state index is 0.194. The summed E-state index contributed by atoms with van der Waals surface area (Å²) in [5, 5.41) is 19.4. The summed E-state index contributed by atoms with van der Waals surface area (Å²) in [7, 11) is 0. The van der Waals surface area contributed by atoms with Crippen molar-refractivity contribution in [3.05, 3.63) is 0 Å². The van der Waals surface area contributed by atoms with E-state index in [0.717, 1.165) is 32.4 Å². The first-order valence-corrected chi connectivity index (χ1v) is 8.17. The number of hydrogen-bond donors (Lipinski definition) is 2. The van der Waals surface area contributed by atoms with E-state index in [-0.39, 0.29) is 25.3 Å². The molecule has 1 rings (SSSR count). The summed E-state index contributed by atoms with van der Waals surface area (Å²) in [5.41, 5.74) is 0. The van der Waals surface area contributed by atoms with Crippen LogP contribution >= 0.6 is 0 Å².